The molecule has 6 nitrogen and oxygen atoms in total. The molecule has 0 amide bonds. The quantitative estimate of drug-likeness (QED) is 0.185. The van der Waals surface area contributed by atoms with Crippen LogP contribution in [0.25, 0.3) is 11.6 Å². The number of nitriles is 1. The summed E-state index contributed by atoms with van der Waals surface area (Å²) in [7, 11) is 1.54. The van der Waals surface area contributed by atoms with Crippen LogP contribution in [0.5, 0.6) is 11.5 Å². The first-order valence-electron chi connectivity index (χ1n) is 8.92. The highest BCUT2D eigenvalue weighted by atomic mass is 79.9. The highest BCUT2D eigenvalue weighted by Gasteiger charge is 2.13. The van der Waals surface area contributed by atoms with Crippen LogP contribution in [-0.4, -0.2) is 12.0 Å². The summed E-state index contributed by atoms with van der Waals surface area (Å²) in [4.78, 5) is 10.5. The number of nitrogens with zero attached hydrogens (tertiary/aromatic N) is 2. The van der Waals surface area contributed by atoms with Gasteiger partial charge in [-0.1, -0.05) is 42.5 Å². The van der Waals surface area contributed by atoms with Crippen LogP contribution in [0.1, 0.15) is 16.7 Å². The third-order valence-corrected chi connectivity index (χ3v) is 4.87. The molecule has 0 aliphatic heterocycles. The fourth-order valence-corrected chi connectivity index (χ4v) is 3.40. The van der Waals surface area contributed by atoms with Crippen molar-refractivity contribution < 1.29 is 14.4 Å². The molecule has 0 heterocycles. The van der Waals surface area contributed by atoms with Crippen molar-refractivity contribution in [1.29, 1.82) is 5.26 Å². The monoisotopic (exact) mass is 464 g/mol. The van der Waals surface area contributed by atoms with E-state index in [0.717, 1.165) is 5.56 Å². The summed E-state index contributed by atoms with van der Waals surface area (Å²) in [5, 5.41) is 20.6. The van der Waals surface area contributed by atoms with Gasteiger partial charge in [0.05, 0.1) is 28.1 Å². The number of allylic oxidation sites excluding steroid dienone is 1. The molecular weight excluding hydrogens is 448 g/mol. The van der Waals surface area contributed by atoms with Gasteiger partial charge < -0.3 is 9.47 Å². The van der Waals surface area contributed by atoms with Gasteiger partial charge in [-0.3, -0.25) is 10.1 Å². The molecule has 0 bridgehead atoms. The third-order valence-electron chi connectivity index (χ3n) is 4.28. The van der Waals surface area contributed by atoms with Crippen LogP contribution < -0.4 is 9.47 Å². The molecule has 0 spiro atoms. The van der Waals surface area contributed by atoms with E-state index in [1.54, 1.807) is 30.3 Å². The predicted octanol–water partition coefficient (Wildman–Crippen LogP) is 6.01. The molecule has 0 radical (unpaired) electrons. The molecule has 30 heavy (non-hydrogen) atoms. The Hall–Kier alpha value is -3.63. The first kappa shape index (κ1) is 21.1. The normalized spacial score (nSPS) is 10.9. The van der Waals surface area contributed by atoms with Crippen molar-refractivity contribution in [2.45, 2.75) is 6.61 Å². The fourth-order valence-electron chi connectivity index (χ4n) is 2.83. The Balaban J connectivity index is 1.92. The smallest absolute Gasteiger partial charge is 0.270 e. The zero-order valence-corrected chi connectivity index (χ0v) is 17.6. The lowest BCUT2D eigenvalue weighted by Gasteiger charge is -2.14. The Bertz CT molecular complexity index is 1140. The lowest BCUT2D eigenvalue weighted by molar-refractivity contribution is -0.384. The maximum absolute atomic E-state index is 11.0. The SMILES string of the molecule is COc1cc(C=C(C#N)c2cccc([N+](=O)[O-])c2)cc(Br)c1OCc1ccccc1. The largest absolute Gasteiger partial charge is 0.493 e. The number of nitro groups is 1. The number of hydrogen-bond acceptors (Lipinski definition) is 5. The van der Waals surface area contributed by atoms with Gasteiger partial charge in [0.1, 0.15) is 6.61 Å². The van der Waals surface area contributed by atoms with Crippen LogP contribution in [0.15, 0.2) is 71.2 Å². The Kier molecular flexibility index (Phi) is 6.83. The van der Waals surface area contributed by atoms with Crippen molar-refractivity contribution in [3.8, 4) is 17.6 Å². The molecule has 0 saturated heterocycles. The maximum atomic E-state index is 11.0. The number of ether oxygens (including phenoxy) is 2. The Morgan fingerprint density at radius 1 is 1.17 bits per heavy atom. The van der Waals surface area contributed by atoms with Crippen LogP contribution in [0, 0.1) is 21.4 Å². The minimum absolute atomic E-state index is 0.0722. The molecule has 0 saturated carbocycles. The minimum atomic E-state index is -0.489. The summed E-state index contributed by atoms with van der Waals surface area (Å²) in [5.74, 6) is 1.05. The number of nitro benzene ring substituents is 1. The second kappa shape index (κ2) is 9.72. The number of non-ortho nitro benzene ring substituents is 1. The van der Waals surface area contributed by atoms with Gasteiger partial charge in [-0.25, -0.2) is 0 Å². The van der Waals surface area contributed by atoms with E-state index in [1.165, 1.54) is 19.2 Å². The molecular formula is C23H17BrN2O4. The van der Waals surface area contributed by atoms with Crippen molar-refractivity contribution in [1.82, 2.24) is 0 Å². The third kappa shape index (κ3) is 5.04. The topological polar surface area (TPSA) is 85.4 Å². The average Bonchev–Trinajstić information content (AvgIpc) is 2.77. The van der Waals surface area contributed by atoms with E-state index in [0.29, 0.717) is 39.3 Å². The van der Waals surface area contributed by atoms with Crippen LogP contribution >= 0.6 is 15.9 Å². The Morgan fingerprint density at radius 2 is 1.93 bits per heavy atom. The summed E-state index contributed by atoms with van der Waals surface area (Å²) in [6, 6.07) is 21.4. The first-order valence-corrected chi connectivity index (χ1v) is 9.72. The second-order valence-electron chi connectivity index (χ2n) is 6.29. The Morgan fingerprint density at radius 3 is 2.60 bits per heavy atom. The van der Waals surface area contributed by atoms with Gasteiger partial charge in [-0.15, -0.1) is 0 Å². The molecule has 7 heteroatoms. The molecule has 0 fully saturated rings. The molecule has 0 atom stereocenters. The van der Waals surface area contributed by atoms with E-state index in [2.05, 4.69) is 22.0 Å². The number of methoxy groups -OCH3 is 1. The lowest BCUT2D eigenvalue weighted by atomic mass is 10.0. The highest BCUT2D eigenvalue weighted by molar-refractivity contribution is 9.10. The molecule has 150 valence electrons. The Labute approximate surface area is 182 Å². The average molecular weight is 465 g/mol. The van der Waals surface area contributed by atoms with E-state index in [9.17, 15) is 15.4 Å². The van der Waals surface area contributed by atoms with Crippen molar-refractivity contribution in [2.75, 3.05) is 7.11 Å². The number of benzene rings is 3. The molecule has 0 aliphatic rings. The molecule has 0 unspecified atom stereocenters. The number of hydrogen-bond donors (Lipinski definition) is 0. The van der Waals surface area contributed by atoms with E-state index in [4.69, 9.17) is 9.47 Å². The second-order valence-corrected chi connectivity index (χ2v) is 7.14. The van der Waals surface area contributed by atoms with E-state index in [1.807, 2.05) is 30.3 Å². The summed E-state index contributed by atoms with van der Waals surface area (Å²) in [6.45, 7) is 0.377. The van der Waals surface area contributed by atoms with E-state index in [-0.39, 0.29) is 5.69 Å². The summed E-state index contributed by atoms with van der Waals surface area (Å²) in [5.41, 5.74) is 2.40. The van der Waals surface area contributed by atoms with Gasteiger partial charge in [0.25, 0.3) is 5.69 Å². The highest BCUT2D eigenvalue weighted by Crippen LogP contribution is 2.38. The summed E-state index contributed by atoms with van der Waals surface area (Å²) < 4.78 is 12.1. The molecule has 3 aromatic carbocycles. The lowest BCUT2D eigenvalue weighted by Crippen LogP contribution is -1.99. The molecule has 3 aromatic rings. The van der Waals surface area contributed by atoms with Gasteiger partial charge in [-0.2, -0.15) is 5.26 Å². The first-order chi connectivity index (χ1) is 14.5. The van der Waals surface area contributed by atoms with Gasteiger partial charge in [0.2, 0.25) is 0 Å². The van der Waals surface area contributed by atoms with Crippen LogP contribution in [0.2, 0.25) is 0 Å². The van der Waals surface area contributed by atoms with Gasteiger partial charge >= 0.3 is 0 Å². The molecule has 3 rings (SSSR count). The molecule has 0 aliphatic carbocycles. The van der Waals surface area contributed by atoms with Crippen molar-refractivity contribution >= 4 is 33.3 Å². The predicted molar refractivity (Wildman–Crippen MR) is 118 cm³/mol. The molecule has 0 N–H and O–H groups in total. The zero-order chi connectivity index (χ0) is 21.5. The zero-order valence-electron chi connectivity index (χ0n) is 16.0. The maximum Gasteiger partial charge on any atom is 0.270 e. The standard InChI is InChI=1S/C23H17BrN2O4/c1-29-22-12-17(10-19(14-25)18-8-5-9-20(13-18)26(27)28)11-21(24)23(22)30-15-16-6-3-2-4-7-16/h2-13H,15H2,1H3. The van der Waals surface area contributed by atoms with E-state index < -0.39 is 4.92 Å². The fraction of sp³-hybridized carbons (Fsp3) is 0.0870. The number of halogens is 1. The van der Waals surface area contributed by atoms with Gasteiger partial charge in [0, 0.05) is 12.1 Å². The van der Waals surface area contributed by atoms with E-state index >= 15 is 0 Å². The van der Waals surface area contributed by atoms with Crippen molar-refractivity contribution in [3.63, 3.8) is 0 Å². The number of rotatable bonds is 7. The van der Waals surface area contributed by atoms with Crippen molar-refractivity contribution in [2.24, 2.45) is 0 Å². The summed E-state index contributed by atoms with van der Waals surface area (Å²) in [6.07, 6.45) is 1.65. The van der Waals surface area contributed by atoms with Gasteiger partial charge in [-0.05, 0) is 50.8 Å². The van der Waals surface area contributed by atoms with Crippen LogP contribution in [0.3, 0.4) is 0 Å². The van der Waals surface area contributed by atoms with Gasteiger partial charge in [0.15, 0.2) is 11.5 Å². The van der Waals surface area contributed by atoms with Crippen LogP contribution in [0.4, 0.5) is 5.69 Å². The van der Waals surface area contributed by atoms with Crippen molar-refractivity contribution in [3.05, 3.63) is 98.0 Å². The summed E-state index contributed by atoms with van der Waals surface area (Å²) >= 11 is 3.50. The minimum Gasteiger partial charge on any atom is -0.493 e. The molecule has 0 aromatic heterocycles. The van der Waals surface area contributed by atoms with Crippen LogP contribution in [-0.2, 0) is 6.61 Å².